The fourth-order valence-electron chi connectivity index (χ4n) is 3.15. The monoisotopic (exact) mass is 433 g/mol. The number of aromatic amines is 1. The minimum Gasteiger partial charge on any atom is -0.494 e. The summed E-state index contributed by atoms with van der Waals surface area (Å²) in [5.41, 5.74) is 2.15. The van der Waals surface area contributed by atoms with Crippen LogP contribution in [0.2, 0.25) is 0 Å². The van der Waals surface area contributed by atoms with Crippen LogP contribution in [0.4, 0.5) is 5.82 Å². The van der Waals surface area contributed by atoms with E-state index in [9.17, 15) is 9.59 Å². The summed E-state index contributed by atoms with van der Waals surface area (Å²) in [6.45, 7) is 5.94. The van der Waals surface area contributed by atoms with Crippen LogP contribution < -0.4 is 15.6 Å². The number of nitrogens with one attached hydrogen (secondary N) is 2. The van der Waals surface area contributed by atoms with Gasteiger partial charge in [0.25, 0.3) is 5.56 Å². The van der Waals surface area contributed by atoms with E-state index in [1.807, 2.05) is 31.2 Å². The van der Waals surface area contributed by atoms with Gasteiger partial charge >= 0.3 is 0 Å². The summed E-state index contributed by atoms with van der Waals surface area (Å²) >= 11 is 0. The van der Waals surface area contributed by atoms with Gasteiger partial charge in [0.1, 0.15) is 17.3 Å². The van der Waals surface area contributed by atoms with Crippen molar-refractivity contribution in [3.63, 3.8) is 0 Å². The molecule has 4 rings (SSSR count). The number of H-pyrrole nitrogens is 1. The van der Waals surface area contributed by atoms with E-state index >= 15 is 0 Å². The maximum absolute atomic E-state index is 12.8. The predicted octanol–water partition coefficient (Wildman–Crippen LogP) is 3.41. The highest BCUT2D eigenvalue weighted by molar-refractivity contribution is 5.92. The van der Waals surface area contributed by atoms with Crippen molar-refractivity contribution in [2.24, 2.45) is 0 Å². The van der Waals surface area contributed by atoms with Crippen LogP contribution in [0.3, 0.4) is 0 Å². The minimum absolute atomic E-state index is 0.157. The fourth-order valence-corrected chi connectivity index (χ4v) is 3.15. The molecule has 1 amide bonds. The summed E-state index contributed by atoms with van der Waals surface area (Å²) in [6, 6.07) is 12.5. The van der Waals surface area contributed by atoms with Gasteiger partial charge in [0.15, 0.2) is 5.76 Å². The standard InChI is InChI=1S/C23H23N5O4/c1-4-31-17-9-7-16(8-10-17)12-21(29)25-20-13-18(19-6-5-11-32-19)27-28(20)23-24-15(3)14(2)22(30)26-23/h5-11,13H,4,12H2,1-3H3,(H,25,29)(H,24,26,30). The number of hydrogen-bond acceptors (Lipinski definition) is 6. The van der Waals surface area contributed by atoms with Crippen LogP contribution in [0.1, 0.15) is 23.7 Å². The molecule has 32 heavy (non-hydrogen) atoms. The van der Waals surface area contributed by atoms with E-state index in [1.165, 1.54) is 10.9 Å². The number of carbonyl (C=O) groups excluding carboxylic acids is 1. The van der Waals surface area contributed by atoms with Gasteiger partial charge in [0.2, 0.25) is 11.9 Å². The van der Waals surface area contributed by atoms with E-state index in [-0.39, 0.29) is 23.8 Å². The quantitative estimate of drug-likeness (QED) is 0.462. The van der Waals surface area contributed by atoms with Gasteiger partial charge in [0.05, 0.1) is 19.3 Å². The zero-order valence-electron chi connectivity index (χ0n) is 18.0. The van der Waals surface area contributed by atoms with Gasteiger partial charge in [-0.3, -0.25) is 14.6 Å². The summed E-state index contributed by atoms with van der Waals surface area (Å²) in [7, 11) is 0. The predicted molar refractivity (Wildman–Crippen MR) is 119 cm³/mol. The molecule has 1 aromatic carbocycles. The first-order chi connectivity index (χ1) is 15.4. The highest BCUT2D eigenvalue weighted by Gasteiger charge is 2.18. The van der Waals surface area contributed by atoms with Crippen molar-refractivity contribution in [3.8, 4) is 23.2 Å². The normalized spacial score (nSPS) is 10.8. The molecule has 3 aromatic heterocycles. The second kappa shape index (κ2) is 8.93. The fraction of sp³-hybridized carbons (Fsp3) is 0.217. The number of nitrogens with zero attached hydrogens (tertiary/aromatic N) is 3. The van der Waals surface area contributed by atoms with Gasteiger partial charge in [-0.2, -0.15) is 9.78 Å². The first-order valence-corrected chi connectivity index (χ1v) is 10.2. The number of amides is 1. The van der Waals surface area contributed by atoms with E-state index in [4.69, 9.17) is 9.15 Å². The summed E-state index contributed by atoms with van der Waals surface area (Å²) in [5, 5.41) is 7.35. The Morgan fingerprint density at radius 2 is 2.00 bits per heavy atom. The first-order valence-electron chi connectivity index (χ1n) is 10.2. The summed E-state index contributed by atoms with van der Waals surface area (Å²) in [5.74, 6) is 1.60. The van der Waals surface area contributed by atoms with Crippen molar-refractivity contribution in [3.05, 3.63) is 75.9 Å². The van der Waals surface area contributed by atoms with Crippen molar-refractivity contribution in [2.75, 3.05) is 11.9 Å². The van der Waals surface area contributed by atoms with Gasteiger partial charge in [-0.25, -0.2) is 4.98 Å². The molecule has 0 aliphatic rings. The molecule has 0 aliphatic carbocycles. The van der Waals surface area contributed by atoms with Crippen LogP contribution in [0, 0.1) is 13.8 Å². The lowest BCUT2D eigenvalue weighted by Crippen LogP contribution is -2.21. The maximum atomic E-state index is 12.8. The van der Waals surface area contributed by atoms with E-state index in [1.54, 1.807) is 32.0 Å². The smallest absolute Gasteiger partial charge is 0.255 e. The lowest BCUT2D eigenvalue weighted by Gasteiger charge is -2.09. The van der Waals surface area contributed by atoms with Crippen LogP contribution in [0.5, 0.6) is 5.75 Å². The van der Waals surface area contributed by atoms with Gasteiger partial charge in [-0.1, -0.05) is 12.1 Å². The molecule has 0 saturated heterocycles. The largest absolute Gasteiger partial charge is 0.494 e. The van der Waals surface area contributed by atoms with E-state index in [0.29, 0.717) is 35.1 Å². The lowest BCUT2D eigenvalue weighted by molar-refractivity contribution is -0.115. The highest BCUT2D eigenvalue weighted by atomic mass is 16.5. The Labute approximate surface area is 184 Å². The third-order valence-electron chi connectivity index (χ3n) is 4.93. The number of benzene rings is 1. The molecule has 0 fully saturated rings. The molecule has 9 heteroatoms. The topological polar surface area (TPSA) is 115 Å². The van der Waals surface area contributed by atoms with Crippen molar-refractivity contribution in [1.29, 1.82) is 0 Å². The number of aromatic nitrogens is 4. The Bertz CT molecular complexity index is 1290. The van der Waals surface area contributed by atoms with Crippen LogP contribution in [-0.4, -0.2) is 32.3 Å². The first kappa shape index (κ1) is 21.1. The number of anilines is 1. The minimum atomic E-state index is -0.269. The summed E-state index contributed by atoms with van der Waals surface area (Å²) in [4.78, 5) is 32.2. The van der Waals surface area contributed by atoms with Crippen molar-refractivity contribution >= 4 is 11.7 Å². The van der Waals surface area contributed by atoms with Gasteiger partial charge < -0.3 is 14.5 Å². The molecular weight excluding hydrogens is 410 g/mol. The maximum Gasteiger partial charge on any atom is 0.255 e. The molecule has 0 radical (unpaired) electrons. The number of hydrogen-bond donors (Lipinski definition) is 2. The summed E-state index contributed by atoms with van der Waals surface area (Å²) < 4.78 is 12.3. The van der Waals surface area contributed by atoms with Crippen molar-refractivity contribution in [1.82, 2.24) is 19.7 Å². The van der Waals surface area contributed by atoms with E-state index in [0.717, 1.165) is 11.3 Å². The zero-order chi connectivity index (χ0) is 22.7. The SMILES string of the molecule is CCOc1ccc(CC(=O)Nc2cc(-c3ccco3)nn2-c2nc(C)c(C)c(=O)[nH]2)cc1. The van der Waals surface area contributed by atoms with Gasteiger partial charge in [0, 0.05) is 17.3 Å². The van der Waals surface area contributed by atoms with E-state index in [2.05, 4.69) is 20.4 Å². The molecule has 4 aromatic rings. The Morgan fingerprint density at radius 1 is 1.22 bits per heavy atom. The number of carbonyl (C=O) groups is 1. The molecule has 0 unspecified atom stereocenters. The number of aryl methyl sites for hydroxylation is 1. The third kappa shape index (κ3) is 4.46. The molecule has 0 saturated carbocycles. The van der Waals surface area contributed by atoms with Crippen LogP contribution in [-0.2, 0) is 11.2 Å². The molecule has 9 nitrogen and oxygen atoms in total. The molecule has 0 bridgehead atoms. The molecule has 2 N–H and O–H groups in total. The zero-order valence-corrected chi connectivity index (χ0v) is 18.0. The second-order valence-corrected chi connectivity index (χ2v) is 7.21. The Kier molecular flexibility index (Phi) is 5.89. The molecule has 164 valence electrons. The van der Waals surface area contributed by atoms with Crippen LogP contribution in [0.25, 0.3) is 17.4 Å². The Balaban J connectivity index is 1.63. The number of ether oxygens (including phenoxy) is 1. The molecular formula is C23H23N5O4. The molecule has 0 aliphatic heterocycles. The molecule has 0 atom stereocenters. The Hall–Kier alpha value is -4.14. The van der Waals surface area contributed by atoms with Crippen LogP contribution in [0.15, 0.2) is 57.9 Å². The number of rotatable bonds is 7. The molecule has 0 spiro atoms. The van der Waals surface area contributed by atoms with Crippen molar-refractivity contribution < 1.29 is 13.9 Å². The molecule has 3 heterocycles. The number of furan rings is 1. The van der Waals surface area contributed by atoms with Gasteiger partial charge in [-0.15, -0.1) is 0 Å². The summed E-state index contributed by atoms with van der Waals surface area (Å²) in [6.07, 6.45) is 1.69. The lowest BCUT2D eigenvalue weighted by atomic mass is 10.1. The second-order valence-electron chi connectivity index (χ2n) is 7.21. The third-order valence-corrected chi connectivity index (χ3v) is 4.93. The average molecular weight is 433 g/mol. The van der Waals surface area contributed by atoms with Gasteiger partial charge in [-0.05, 0) is 50.6 Å². The average Bonchev–Trinajstić information content (AvgIpc) is 3.43. The van der Waals surface area contributed by atoms with E-state index < -0.39 is 0 Å². The highest BCUT2D eigenvalue weighted by Crippen LogP contribution is 2.24. The van der Waals surface area contributed by atoms with Crippen molar-refractivity contribution in [2.45, 2.75) is 27.2 Å². The van der Waals surface area contributed by atoms with Crippen LogP contribution >= 0.6 is 0 Å². The Morgan fingerprint density at radius 3 is 2.66 bits per heavy atom.